The van der Waals surface area contributed by atoms with Crippen LogP contribution in [0.2, 0.25) is 0 Å². The van der Waals surface area contributed by atoms with Gasteiger partial charge in [-0.1, -0.05) is 5.16 Å². The van der Waals surface area contributed by atoms with Gasteiger partial charge in [0.15, 0.2) is 5.82 Å². The Kier molecular flexibility index (Phi) is 5.64. The van der Waals surface area contributed by atoms with E-state index in [9.17, 15) is 4.79 Å². The zero-order valence-corrected chi connectivity index (χ0v) is 11.4. The third kappa shape index (κ3) is 4.47. The maximum Gasteiger partial charge on any atom is 0.236 e. The molecule has 0 saturated heterocycles. The minimum atomic E-state index is -0.160. The molecule has 17 heavy (non-hydrogen) atoms. The molecule has 0 amide bonds. The highest BCUT2D eigenvalue weighted by atomic mass is 32.2. The molecule has 0 radical (unpaired) electrons. The second kappa shape index (κ2) is 6.76. The molecule has 0 aromatic carbocycles. The van der Waals surface area contributed by atoms with Crippen LogP contribution in [0.5, 0.6) is 0 Å². The van der Waals surface area contributed by atoms with E-state index in [4.69, 9.17) is 9.26 Å². The number of hydrogen-bond donors (Lipinski definition) is 0. The third-order valence-electron chi connectivity index (χ3n) is 2.29. The van der Waals surface area contributed by atoms with Crippen molar-refractivity contribution in [3.8, 4) is 0 Å². The lowest BCUT2D eigenvalue weighted by atomic mass is 10.3. The first-order valence-corrected chi connectivity index (χ1v) is 6.65. The lowest BCUT2D eigenvalue weighted by Crippen LogP contribution is -2.08. The van der Waals surface area contributed by atoms with Gasteiger partial charge in [-0.05, 0) is 27.7 Å². The van der Waals surface area contributed by atoms with E-state index in [1.165, 1.54) is 11.8 Å². The number of hydrogen-bond acceptors (Lipinski definition) is 6. The Balaban J connectivity index is 2.48. The first kappa shape index (κ1) is 14.2. The summed E-state index contributed by atoms with van der Waals surface area (Å²) in [5.74, 6) is 1.78. The van der Waals surface area contributed by atoms with Crippen molar-refractivity contribution in [1.29, 1.82) is 0 Å². The van der Waals surface area contributed by atoms with Crippen molar-refractivity contribution in [2.45, 2.75) is 44.8 Å². The minimum Gasteiger partial charge on any atom is -0.371 e. The monoisotopic (exact) mass is 258 g/mol. The fourth-order valence-electron chi connectivity index (χ4n) is 1.13. The molecule has 1 aromatic heterocycles. The van der Waals surface area contributed by atoms with Gasteiger partial charge in [0.1, 0.15) is 11.9 Å². The zero-order valence-electron chi connectivity index (χ0n) is 10.6. The molecule has 0 spiro atoms. The van der Waals surface area contributed by atoms with Crippen LogP contribution in [0.3, 0.4) is 0 Å². The summed E-state index contributed by atoms with van der Waals surface area (Å²) in [6.45, 7) is 7.85. The molecule has 6 heteroatoms. The van der Waals surface area contributed by atoms with E-state index < -0.39 is 0 Å². The second-order valence-electron chi connectivity index (χ2n) is 3.71. The van der Waals surface area contributed by atoms with Gasteiger partial charge in [0, 0.05) is 6.61 Å². The van der Waals surface area contributed by atoms with Gasteiger partial charge in [0.05, 0.1) is 11.0 Å². The van der Waals surface area contributed by atoms with Crippen LogP contribution in [0.25, 0.3) is 0 Å². The first-order chi connectivity index (χ1) is 8.04. The van der Waals surface area contributed by atoms with Gasteiger partial charge in [-0.15, -0.1) is 11.8 Å². The highest BCUT2D eigenvalue weighted by molar-refractivity contribution is 7.99. The Labute approximate surface area is 105 Å². The molecule has 0 fully saturated rings. The van der Waals surface area contributed by atoms with Crippen LogP contribution in [0, 0.1) is 0 Å². The molecule has 0 N–H and O–H groups in total. The molecule has 0 aliphatic rings. The van der Waals surface area contributed by atoms with Gasteiger partial charge in [-0.2, -0.15) is 4.98 Å². The Bertz CT molecular complexity index is 367. The van der Waals surface area contributed by atoms with E-state index in [2.05, 4.69) is 10.1 Å². The summed E-state index contributed by atoms with van der Waals surface area (Å²) in [5.41, 5.74) is 0. The second-order valence-corrected chi connectivity index (χ2v) is 5.04. The average molecular weight is 258 g/mol. The molecule has 0 unspecified atom stereocenters. The summed E-state index contributed by atoms with van der Waals surface area (Å²) >= 11 is 1.49. The Hall–Kier alpha value is -0.880. The quantitative estimate of drug-likeness (QED) is 0.748. The summed E-state index contributed by atoms with van der Waals surface area (Å²) in [5, 5.41) is 3.80. The Morgan fingerprint density at radius 2 is 2.24 bits per heavy atom. The van der Waals surface area contributed by atoms with Crippen molar-refractivity contribution in [1.82, 2.24) is 10.1 Å². The molecule has 1 aromatic rings. The average Bonchev–Trinajstić information content (AvgIpc) is 2.74. The van der Waals surface area contributed by atoms with Crippen LogP contribution < -0.4 is 0 Å². The Morgan fingerprint density at radius 1 is 1.53 bits per heavy atom. The standard InChI is InChI=1S/C11H18N2O3S/c1-5-15-8(3)11-12-10(16-13-11)6-17-9(4)7(2)14/h8-9H,5-6H2,1-4H3/t8-,9+/m0/s1. The van der Waals surface area contributed by atoms with Crippen molar-refractivity contribution < 1.29 is 14.1 Å². The number of nitrogens with zero attached hydrogens (tertiary/aromatic N) is 2. The fourth-order valence-corrected chi connectivity index (χ4v) is 1.87. The number of rotatable bonds is 7. The molecular weight excluding hydrogens is 240 g/mol. The van der Waals surface area contributed by atoms with E-state index in [1.54, 1.807) is 6.92 Å². The third-order valence-corrected chi connectivity index (χ3v) is 3.54. The maximum atomic E-state index is 11.1. The normalized spacial score (nSPS) is 14.6. The number of ketones is 1. The van der Waals surface area contributed by atoms with Crippen LogP contribution in [-0.4, -0.2) is 27.8 Å². The van der Waals surface area contributed by atoms with E-state index in [0.29, 0.717) is 24.1 Å². The predicted molar refractivity (Wildman–Crippen MR) is 65.8 cm³/mol. The van der Waals surface area contributed by atoms with E-state index >= 15 is 0 Å². The lowest BCUT2D eigenvalue weighted by Gasteiger charge is -2.05. The molecule has 0 aliphatic carbocycles. The van der Waals surface area contributed by atoms with Crippen LogP contribution in [-0.2, 0) is 15.3 Å². The van der Waals surface area contributed by atoms with Crippen molar-refractivity contribution in [2.75, 3.05) is 6.61 Å². The molecule has 1 heterocycles. The summed E-state index contributed by atoms with van der Waals surface area (Å²) in [6.07, 6.45) is -0.160. The largest absolute Gasteiger partial charge is 0.371 e. The van der Waals surface area contributed by atoms with Crippen molar-refractivity contribution in [3.63, 3.8) is 0 Å². The van der Waals surface area contributed by atoms with Crippen molar-refractivity contribution in [3.05, 3.63) is 11.7 Å². The van der Waals surface area contributed by atoms with Gasteiger partial charge in [0.25, 0.3) is 0 Å². The summed E-state index contributed by atoms with van der Waals surface area (Å²) in [6, 6.07) is 0. The predicted octanol–water partition coefficient (Wildman–Crippen LogP) is 2.38. The van der Waals surface area contributed by atoms with Crippen LogP contribution in [0.4, 0.5) is 0 Å². The first-order valence-electron chi connectivity index (χ1n) is 5.60. The molecule has 0 aliphatic heterocycles. The van der Waals surface area contributed by atoms with Crippen molar-refractivity contribution in [2.24, 2.45) is 0 Å². The molecule has 1 rings (SSSR count). The van der Waals surface area contributed by atoms with E-state index in [-0.39, 0.29) is 17.1 Å². The zero-order chi connectivity index (χ0) is 12.8. The molecule has 96 valence electrons. The highest BCUT2D eigenvalue weighted by Crippen LogP contribution is 2.19. The number of ether oxygens (including phenoxy) is 1. The summed E-state index contributed by atoms with van der Waals surface area (Å²) < 4.78 is 10.4. The number of carbonyl (C=O) groups is 1. The summed E-state index contributed by atoms with van der Waals surface area (Å²) in [7, 11) is 0. The van der Waals surface area contributed by atoms with Gasteiger partial charge >= 0.3 is 0 Å². The summed E-state index contributed by atoms with van der Waals surface area (Å²) in [4.78, 5) is 15.3. The number of aromatic nitrogens is 2. The molecule has 2 atom stereocenters. The topological polar surface area (TPSA) is 65.2 Å². The molecule has 5 nitrogen and oxygen atoms in total. The Morgan fingerprint density at radius 3 is 2.82 bits per heavy atom. The van der Waals surface area contributed by atoms with Gasteiger partial charge < -0.3 is 9.26 Å². The molecule has 0 bridgehead atoms. The van der Waals surface area contributed by atoms with Crippen molar-refractivity contribution >= 4 is 17.5 Å². The van der Waals surface area contributed by atoms with Gasteiger partial charge in [-0.25, -0.2) is 0 Å². The number of carbonyl (C=O) groups excluding carboxylic acids is 1. The fraction of sp³-hybridized carbons (Fsp3) is 0.727. The smallest absolute Gasteiger partial charge is 0.236 e. The van der Waals surface area contributed by atoms with Gasteiger partial charge in [-0.3, -0.25) is 4.79 Å². The number of Topliss-reactive ketones (excluding diaryl/α,β-unsaturated/α-hetero) is 1. The van der Waals surface area contributed by atoms with E-state index in [1.807, 2.05) is 20.8 Å². The minimum absolute atomic E-state index is 0.0466. The van der Waals surface area contributed by atoms with Crippen LogP contribution >= 0.6 is 11.8 Å². The highest BCUT2D eigenvalue weighted by Gasteiger charge is 2.15. The SMILES string of the molecule is CCO[C@@H](C)c1noc(CS[C@H](C)C(C)=O)n1. The van der Waals surface area contributed by atoms with Crippen LogP contribution in [0.15, 0.2) is 4.52 Å². The molecular formula is C11H18N2O3S. The van der Waals surface area contributed by atoms with Crippen LogP contribution in [0.1, 0.15) is 45.5 Å². The van der Waals surface area contributed by atoms with Gasteiger partial charge in [0.2, 0.25) is 5.89 Å². The maximum absolute atomic E-state index is 11.1. The number of thioether (sulfide) groups is 1. The van der Waals surface area contributed by atoms with E-state index in [0.717, 1.165) is 0 Å². The lowest BCUT2D eigenvalue weighted by molar-refractivity contribution is -0.116. The molecule has 0 saturated carbocycles.